The summed E-state index contributed by atoms with van der Waals surface area (Å²) >= 11 is 1.18. The van der Waals surface area contributed by atoms with Crippen LogP contribution in [-0.2, 0) is 0 Å². The number of benzene rings is 2. The van der Waals surface area contributed by atoms with E-state index in [2.05, 4.69) is 15.6 Å². The number of carbonyl (C=O) groups excluding carboxylic acids is 2. The first-order chi connectivity index (χ1) is 17.9. The third kappa shape index (κ3) is 4.17. The molecule has 0 unspecified atom stereocenters. The minimum absolute atomic E-state index is 0.274. The van der Waals surface area contributed by atoms with Crippen LogP contribution in [0.2, 0.25) is 0 Å². The summed E-state index contributed by atoms with van der Waals surface area (Å²) in [7, 11) is 1.81. The number of carbonyl (C=O) groups is 2. The van der Waals surface area contributed by atoms with E-state index in [-0.39, 0.29) is 6.54 Å². The van der Waals surface area contributed by atoms with Gasteiger partial charge in [0.05, 0.1) is 28.5 Å². The maximum Gasteiger partial charge on any atom is 0.331 e. The molecular weight excluding hydrogens is 493 g/mol. The van der Waals surface area contributed by atoms with Crippen molar-refractivity contribution in [2.45, 2.75) is 19.1 Å². The number of hydrogen-bond donors (Lipinski definition) is 2. The van der Waals surface area contributed by atoms with Crippen molar-refractivity contribution in [3.8, 4) is 11.5 Å². The van der Waals surface area contributed by atoms with Crippen molar-refractivity contribution in [3.05, 3.63) is 71.2 Å². The summed E-state index contributed by atoms with van der Waals surface area (Å²) in [5.74, 6) is 0.959. The SMILES string of the molecule is Cc1cc(Oc2ccccc2)ccc1N1C(=O)Nc2c(C(=O)N[C@H]3CN(C)C[C@H]3F)sc3nccc1c23. The van der Waals surface area contributed by atoms with E-state index in [1.165, 1.54) is 11.3 Å². The van der Waals surface area contributed by atoms with Crippen LogP contribution < -0.4 is 20.3 Å². The molecule has 8 nitrogen and oxygen atoms in total. The maximum atomic E-state index is 14.3. The molecule has 4 heterocycles. The molecule has 0 saturated carbocycles. The second-order valence-corrected chi connectivity index (χ2v) is 10.3. The number of hydrogen-bond acceptors (Lipinski definition) is 6. The van der Waals surface area contributed by atoms with E-state index in [1.807, 2.05) is 67.4 Å². The van der Waals surface area contributed by atoms with Crippen molar-refractivity contribution in [2.75, 3.05) is 30.4 Å². The molecule has 1 saturated heterocycles. The van der Waals surface area contributed by atoms with Gasteiger partial charge in [0, 0.05) is 19.3 Å². The number of rotatable bonds is 5. The molecule has 3 amide bonds. The molecule has 0 radical (unpaired) electrons. The van der Waals surface area contributed by atoms with Crippen LogP contribution in [0.1, 0.15) is 15.2 Å². The van der Waals surface area contributed by atoms with Crippen LogP contribution in [0.5, 0.6) is 11.5 Å². The lowest BCUT2D eigenvalue weighted by Crippen LogP contribution is -2.41. The Kier molecular flexibility index (Phi) is 5.77. The van der Waals surface area contributed by atoms with E-state index in [1.54, 1.807) is 17.2 Å². The van der Waals surface area contributed by atoms with E-state index in [0.29, 0.717) is 44.5 Å². The Bertz CT molecular complexity index is 1530. The monoisotopic (exact) mass is 517 g/mol. The van der Waals surface area contributed by atoms with Crippen LogP contribution >= 0.6 is 11.3 Å². The maximum absolute atomic E-state index is 14.3. The van der Waals surface area contributed by atoms with Gasteiger partial charge in [-0.2, -0.15) is 0 Å². The van der Waals surface area contributed by atoms with E-state index in [4.69, 9.17) is 4.74 Å². The number of aromatic nitrogens is 1. The fourth-order valence-electron chi connectivity index (χ4n) is 4.87. The molecule has 2 aromatic heterocycles. The molecule has 10 heteroatoms. The summed E-state index contributed by atoms with van der Waals surface area (Å²) in [6.45, 7) is 2.61. The molecule has 6 rings (SSSR count). The normalized spacial score (nSPS) is 19.2. The quantitative estimate of drug-likeness (QED) is 0.367. The van der Waals surface area contributed by atoms with Gasteiger partial charge in [0.2, 0.25) is 0 Å². The topological polar surface area (TPSA) is 86.8 Å². The van der Waals surface area contributed by atoms with Crippen LogP contribution in [0.4, 0.5) is 26.2 Å². The number of amides is 3. The summed E-state index contributed by atoms with van der Waals surface area (Å²) < 4.78 is 20.3. The number of urea groups is 1. The number of alkyl halides is 1. The number of nitrogens with zero attached hydrogens (tertiary/aromatic N) is 3. The Balaban J connectivity index is 1.34. The van der Waals surface area contributed by atoms with E-state index < -0.39 is 24.2 Å². The van der Waals surface area contributed by atoms with Gasteiger partial charge in [-0.05, 0) is 55.9 Å². The number of thiophene rings is 1. The van der Waals surface area contributed by atoms with Crippen LogP contribution in [0.15, 0.2) is 60.8 Å². The fourth-order valence-corrected chi connectivity index (χ4v) is 5.89. The molecule has 2 atom stereocenters. The first kappa shape index (κ1) is 23.4. The first-order valence-corrected chi connectivity index (χ1v) is 12.7. The Morgan fingerprint density at radius 1 is 1.14 bits per heavy atom. The molecule has 0 aliphatic carbocycles. The van der Waals surface area contributed by atoms with Crippen molar-refractivity contribution in [1.82, 2.24) is 15.2 Å². The van der Waals surface area contributed by atoms with Gasteiger partial charge in [0.1, 0.15) is 27.4 Å². The third-order valence-corrected chi connectivity index (χ3v) is 7.68. The summed E-state index contributed by atoms with van der Waals surface area (Å²) in [5, 5.41) is 6.37. The van der Waals surface area contributed by atoms with Gasteiger partial charge in [-0.1, -0.05) is 18.2 Å². The zero-order valence-corrected chi connectivity index (χ0v) is 21.0. The Hall–Kier alpha value is -4.02. The number of anilines is 3. The van der Waals surface area contributed by atoms with Gasteiger partial charge in [0.15, 0.2) is 0 Å². The molecular formula is C27H24FN5O3S. The second-order valence-electron chi connectivity index (χ2n) is 9.26. The predicted molar refractivity (Wildman–Crippen MR) is 142 cm³/mol. The number of para-hydroxylation sites is 1. The highest BCUT2D eigenvalue weighted by molar-refractivity contribution is 7.21. The van der Waals surface area contributed by atoms with E-state index >= 15 is 0 Å². The van der Waals surface area contributed by atoms with Gasteiger partial charge in [-0.25, -0.2) is 14.2 Å². The molecule has 4 aromatic rings. The van der Waals surface area contributed by atoms with Crippen LogP contribution in [-0.4, -0.2) is 54.2 Å². The third-order valence-electron chi connectivity index (χ3n) is 6.59. The summed E-state index contributed by atoms with van der Waals surface area (Å²) in [6, 6.07) is 15.8. The minimum atomic E-state index is -1.14. The molecule has 188 valence electrons. The first-order valence-electron chi connectivity index (χ1n) is 11.9. The van der Waals surface area contributed by atoms with Crippen molar-refractivity contribution >= 4 is 50.6 Å². The van der Waals surface area contributed by atoms with Gasteiger partial charge in [-0.15, -0.1) is 11.3 Å². The lowest BCUT2D eigenvalue weighted by atomic mass is 10.1. The number of likely N-dealkylation sites (tertiary alicyclic amines) is 1. The number of pyridine rings is 1. The fraction of sp³-hybridized carbons (Fsp3) is 0.222. The lowest BCUT2D eigenvalue weighted by Gasteiger charge is -2.29. The van der Waals surface area contributed by atoms with Crippen LogP contribution in [0.25, 0.3) is 10.2 Å². The number of aryl methyl sites for hydroxylation is 1. The van der Waals surface area contributed by atoms with Crippen molar-refractivity contribution in [1.29, 1.82) is 0 Å². The van der Waals surface area contributed by atoms with Crippen molar-refractivity contribution < 1.29 is 18.7 Å². The zero-order valence-electron chi connectivity index (χ0n) is 20.2. The van der Waals surface area contributed by atoms with E-state index in [0.717, 1.165) is 11.3 Å². The van der Waals surface area contributed by atoms with Crippen molar-refractivity contribution in [2.24, 2.45) is 0 Å². The largest absolute Gasteiger partial charge is 0.457 e. The van der Waals surface area contributed by atoms with Gasteiger partial charge < -0.3 is 20.3 Å². The van der Waals surface area contributed by atoms with Gasteiger partial charge in [-0.3, -0.25) is 9.69 Å². The Morgan fingerprint density at radius 2 is 1.95 bits per heavy atom. The number of halogens is 1. The molecule has 2 aliphatic rings. The molecule has 2 aromatic carbocycles. The zero-order chi connectivity index (χ0) is 25.7. The molecule has 0 bridgehead atoms. The highest BCUT2D eigenvalue weighted by Crippen LogP contribution is 2.46. The average molecular weight is 518 g/mol. The molecule has 2 aliphatic heterocycles. The molecule has 1 fully saturated rings. The van der Waals surface area contributed by atoms with Gasteiger partial charge >= 0.3 is 6.03 Å². The summed E-state index contributed by atoms with van der Waals surface area (Å²) in [6.07, 6.45) is 0.479. The van der Waals surface area contributed by atoms with Crippen LogP contribution in [0, 0.1) is 6.92 Å². The summed E-state index contributed by atoms with van der Waals surface area (Å²) in [4.78, 5) is 35.3. The highest BCUT2D eigenvalue weighted by atomic mass is 32.1. The number of likely N-dealkylation sites (N-methyl/N-ethyl adjacent to an activating group) is 1. The van der Waals surface area contributed by atoms with E-state index in [9.17, 15) is 14.0 Å². The summed E-state index contributed by atoms with van der Waals surface area (Å²) in [5.41, 5.74) is 2.56. The Labute approximate surface area is 216 Å². The van der Waals surface area contributed by atoms with Crippen molar-refractivity contribution in [3.63, 3.8) is 0 Å². The van der Waals surface area contributed by atoms with Crippen LogP contribution in [0.3, 0.4) is 0 Å². The average Bonchev–Trinajstić information content (AvgIpc) is 3.40. The standard InChI is InChI=1S/C27H24FN5O3S/c1-15-12-17(36-16-6-4-3-5-7-16)8-9-20(15)33-21-10-11-29-26-22(21)23(31-27(33)35)24(37-26)25(34)30-19-14-32(2)13-18(19)28/h3-12,18-19H,13-14H2,1-2H3,(H,30,34)(H,31,35)/t18-,19+/m1/s1. The van der Waals surface area contributed by atoms with Gasteiger partial charge in [0.25, 0.3) is 5.91 Å². The predicted octanol–water partition coefficient (Wildman–Crippen LogP) is 5.46. The number of nitrogens with one attached hydrogen (secondary N) is 2. The Morgan fingerprint density at radius 3 is 2.68 bits per heavy atom. The molecule has 2 N–H and O–H groups in total. The molecule has 37 heavy (non-hydrogen) atoms. The number of ether oxygens (including phenoxy) is 1. The smallest absolute Gasteiger partial charge is 0.331 e. The lowest BCUT2D eigenvalue weighted by molar-refractivity contribution is 0.0928. The second kappa shape index (κ2) is 9.13. The highest BCUT2D eigenvalue weighted by Gasteiger charge is 2.36. The minimum Gasteiger partial charge on any atom is -0.457 e. The molecule has 0 spiro atoms.